The molecule has 2 atom stereocenters. The Labute approximate surface area is 191 Å². The number of likely N-dealkylation sites (N-methyl/N-ethyl adjacent to an activating group) is 1. The summed E-state index contributed by atoms with van der Waals surface area (Å²) >= 11 is 0. The van der Waals surface area contributed by atoms with Crippen molar-refractivity contribution in [3.8, 4) is 17.2 Å². The lowest BCUT2D eigenvalue weighted by atomic mass is 10.1. The first-order chi connectivity index (χ1) is 15.9. The molecule has 2 amide bonds. The zero-order valence-electron chi connectivity index (χ0n) is 17.5. The van der Waals surface area contributed by atoms with E-state index in [1.54, 1.807) is 0 Å². The molecule has 3 rings (SSSR count). The van der Waals surface area contributed by atoms with Crippen LogP contribution in [0.3, 0.4) is 0 Å². The second-order valence-electron chi connectivity index (χ2n) is 7.18. The number of hydrogen-bond acceptors (Lipinski definition) is 8. The molecule has 184 valence electrons. The number of nitrogens with zero attached hydrogens (tertiary/aromatic N) is 2. The summed E-state index contributed by atoms with van der Waals surface area (Å²) in [6, 6.07) is 7.54. The van der Waals surface area contributed by atoms with Gasteiger partial charge in [0.15, 0.2) is 9.84 Å². The lowest BCUT2D eigenvalue weighted by molar-refractivity contribution is -0.274. The number of benzene rings is 2. The monoisotopic (exact) mass is 504 g/mol. The molecule has 14 heteroatoms. The number of cyclic esters (lactones) is 1. The zero-order chi connectivity index (χ0) is 25.1. The summed E-state index contributed by atoms with van der Waals surface area (Å²) in [6.07, 6.45) is -5.50. The van der Waals surface area contributed by atoms with E-state index in [4.69, 9.17) is 9.47 Å². The third-order valence-corrected chi connectivity index (χ3v) is 6.69. The minimum absolute atomic E-state index is 0.0405. The SMILES string of the molecule is CN1C(=O)OCC1C(CS(=O)(=O)c1ccc(Oc2ccc(OC(F)(F)F)cc2)cc1)N(O)C=O. The van der Waals surface area contributed by atoms with Crippen molar-refractivity contribution in [2.45, 2.75) is 23.3 Å². The molecule has 2 aromatic rings. The summed E-state index contributed by atoms with van der Waals surface area (Å²) in [7, 11) is -2.68. The van der Waals surface area contributed by atoms with Crippen molar-refractivity contribution in [3.63, 3.8) is 0 Å². The normalized spacial score (nSPS) is 17.1. The molecule has 1 heterocycles. The summed E-state index contributed by atoms with van der Waals surface area (Å²) in [6.45, 7) is -0.208. The molecule has 1 N–H and O–H groups in total. The van der Waals surface area contributed by atoms with Gasteiger partial charge >= 0.3 is 12.5 Å². The van der Waals surface area contributed by atoms with E-state index in [1.165, 1.54) is 43.4 Å². The number of rotatable bonds is 9. The van der Waals surface area contributed by atoms with E-state index in [0.717, 1.165) is 17.0 Å². The van der Waals surface area contributed by atoms with Crippen molar-refractivity contribution in [1.29, 1.82) is 0 Å². The molecular formula is C20H19F3N2O8S. The fraction of sp³-hybridized carbons (Fsp3) is 0.300. The minimum Gasteiger partial charge on any atom is -0.457 e. The van der Waals surface area contributed by atoms with Crippen molar-refractivity contribution in [1.82, 2.24) is 9.96 Å². The second-order valence-corrected chi connectivity index (χ2v) is 9.22. The summed E-state index contributed by atoms with van der Waals surface area (Å²) < 4.78 is 76.6. The smallest absolute Gasteiger partial charge is 0.457 e. The summed E-state index contributed by atoms with van der Waals surface area (Å²) in [4.78, 5) is 23.6. The molecular weight excluding hydrogens is 485 g/mol. The maximum atomic E-state index is 12.9. The van der Waals surface area contributed by atoms with Gasteiger partial charge in [-0.2, -0.15) is 0 Å². The number of carbonyl (C=O) groups is 2. The Bertz CT molecular complexity index is 1120. The average Bonchev–Trinajstić information content (AvgIpc) is 3.10. The van der Waals surface area contributed by atoms with Crippen LogP contribution in [0.1, 0.15) is 0 Å². The van der Waals surface area contributed by atoms with E-state index >= 15 is 0 Å². The van der Waals surface area contributed by atoms with Crippen LogP contribution in [0.5, 0.6) is 17.2 Å². The fourth-order valence-electron chi connectivity index (χ4n) is 3.20. The molecule has 0 bridgehead atoms. The topological polar surface area (TPSA) is 123 Å². The van der Waals surface area contributed by atoms with Gasteiger partial charge in [-0.15, -0.1) is 13.2 Å². The van der Waals surface area contributed by atoms with Gasteiger partial charge in [-0.3, -0.25) is 10.0 Å². The molecule has 0 saturated carbocycles. The molecule has 1 fully saturated rings. The van der Waals surface area contributed by atoms with Gasteiger partial charge in [0.2, 0.25) is 6.41 Å². The highest BCUT2D eigenvalue weighted by molar-refractivity contribution is 7.91. The maximum absolute atomic E-state index is 12.9. The first kappa shape index (κ1) is 25.1. The summed E-state index contributed by atoms with van der Waals surface area (Å²) in [5.41, 5.74) is 0. The summed E-state index contributed by atoms with van der Waals surface area (Å²) in [5, 5.41) is 10.1. The molecule has 0 radical (unpaired) electrons. The van der Waals surface area contributed by atoms with E-state index in [2.05, 4.69) is 4.74 Å². The van der Waals surface area contributed by atoms with Gasteiger partial charge in [0.1, 0.15) is 23.9 Å². The molecule has 0 aliphatic carbocycles. The van der Waals surface area contributed by atoms with E-state index in [9.17, 15) is 36.4 Å². The van der Waals surface area contributed by atoms with Crippen LogP contribution in [-0.4, -0.2) is 73.9 Å². The minimum atomic E-state index is -4.82. The van der Waals surface area contributed by atoms with Crippen molar-refractivity contribution in [3.05, 3.63) is 48.5 Å². The number of halogens is 3. The number of alkyl halides is 3. The zero-order valence-corrected chi connectivity index (χ0v) is 18.3. The van der Waals surface area contributed by atoms with Crippen molar-refractivity contribution < 1.29 is 50.6 Å². The van der Waals surface area contributed by atoms with Crippen LogP contribution in [0, 0.1) is 0 Å². The van der Waals surface area contributed by atoms with E-state index in [0.29, 0.717) is 0 Å². The van der Waals surface area contributed by atoms with E-state index in [1.807, 2.05) is 0 Å². The number of carbonyl (C=O) groups excluding carboxylic acids is 2. The van der Waals surface area contributed by atoms with Gasteiger partial charge in [-0.1, -0.05) is 0 Å². The predicted molar refractivity (Wildman–Crippen MR) is 108 cm³/mol. The number of sulfone groups is 1. The van der Waals surface area contributed by atoms with Gasteiger partial charge in [-0.05, 0) is 48.5 Å². The molecule has 2 unspecified atom stereocenters. The molecule has 34 heavy (non-hydrogen) atoms. The predicted octanol–water partition coefficient (Wildman–Crippen LogP) is 2.82. The number of hydroxylamine groups is 2. The highest BCUT2D eigenvalue weighted by atomic mass is 32.2. The van der Waals surface area contributed by atoms with Gasteiger partial charge in [0, 0.05) is 7.05 Å². The highest BCUT2D eigenvalue weighted by Gasteiger charge is 2.41. The van der Waals surface area contributed by atoms with Crippen molar-refractivity contribution >= 4 is 22.3 Å². The largest absolute Gasteiger partial charge is 0.573 e. The van der Waals surface area contributed by atoms with Gasteiger partial charge in [-0.25, -0.2) is 18.3 Å². The van der Waals surface area contributed by atoms with Gasteiger partial charge in [0.25, 0.3) is 0 Å². The van der Waals surface area contributed by atoms with Crippen LogP contribution in [-0.2, 0) is 19.4 Å². The van der Waals surface area contributed by atoms with E-state index in [-0.39, 0.29) is 34.5 Å². The Morgan fingerprint density at radius 1 is 1.15 bits per heavy atom. The molecule has 1 aliphatic rings. The third kappa shape index (κ3) is 6.08. The highest BCUT2D eigenvalue weighted by Crippen LogP contribution is 2.28. The average molecular weight is 504 g/mol. The molecule has 2 aromatic carbocycles. The molecule has 0 spiro atoms. The second kappa shape index (κ2) is 9.77. The number of amides is 2. The number of ether oxygens (including phenoxy) is 3. The van der Waals surface area contributed by atoms with Gasteiger partial charge in [0.05, 0.1) is 22.7 Å². The van der Waals surface area contributed by atoms with Crippen LogP contribution in [0.4, 0.5) is 18.0 Å². The lowest BCUT2D eigenvalue weighted by Crippen LogP contribution is -2.51. The Morgan fingerprint density at radius 2 is 1.68 bits per heavy atom. The first-order valence-electron chi connectivity index (χ1n) is 9.58. The van der Waals surface area contributed by atoms with E-state index < -0.39 is 45.9 Å². The third-order valence-electron chi connectivity index (χ3n) is 4.92. The van der Waals surface area contributed by atoms with Crippen LogP contribution < -0.4 is 9.47 Å². The fourth-order valence-corrected chi connectivity index (χ4v) is 4.77. The van der Waals surface area contributed by atoms with Crippen molar-refractivity contribution in [2.75, 3.05) is 19.4 Å². The van der Waals surface area contributed by atoms with Crippen LogP contribution >= 0.6 is 0 Å². The number of hydrogen-bond donors (Lipinski definition) is 1. The van der Waals surface area contributed by atoms with Crippen LogP contribution in [0.25, 0.3) is 0 Å². The Balaban J connectivity index is 1.71. The Morgan fingerprint density at radius 3 is 2.15 bits per heavy atom. The Kier molecular flexibility index (Phi) is 7.21. The standard InChI is InChI=1S/C20H19F3N2O8S/c1-24-17(10-31-19(24)27)18(25(28)12-26)11-34(29,30)16-8-6-14(7-9-16)32-13-2-4-15(5-3-13)33-20(21,22)23/h2-9,12,17-18,28H,10-11H2,1H3. The summed E-state index contributed by atoms with van der Waals surface area (Å²) in [5.74, 6) is -0.745. The molecule has 1 saturated heterocycles. The van der Waals surface area contributed by atoms with Crippen LogP contribution in [0.2, 0.25) is 0 Å². The molecule has 0 aromatic heterocycles. The molecule has 10 nitrogen and oxygen atoms in total. The quantitative estimate of drug-likeness (QED) is 0.314. The molecule has 1 aliphatic heterocycles. The first-order valence-corrected chi connectivity index (χ1v) is 11.2. The lowest BCUT2D eigenvalue weighted by Gasteiger charge is -2.29. The van der Waals surface area contributed by atoms with Crippen LogP contribution in [0.15, 0.2) is 53.4 Å². The maximum Gasteiger partial charge on any atom is 0.573 e. The van der Waals surface area contributed by atoms with Crippen molar-refractivity contribution in [2.24, 2.45) is 0 Å². The Hall–Kier alpha value is -3.52. The van der Waals surface area contributed by atoms with Gasteiger partial charge < -0.3 is 19.1 Å².